The fourth-order valence-electron chi connectivity index (χ4n) is 4.03. The number of carbonyl (C=O) groups is 2. The lowest BCUT2D eigenvalue weighted by molar-refractivity contribution is -0.127. The number of halogens is 1. The third-order valence-corrected chi connectivity index (χ3v) is 5.71. The Bertz CT molecular complexity index is 405. The van der Waals surface area contributed by atoms with Gasteiger partial charge >= 0.3 is 0 Å². The standard InChI is InChI=1S/C19H35N3O2.ClH/c1-2-3-8-17(13-20)22-19(24)15-9-11-16(12-10-15)21-18(23)14-6-4-5-7-14;/h14-17H,2-13,20H2,1H3,(H,21,23)(H,22,24);1H. The van der Waals surface area contributed by atoms with Crippen LogP contribution in [0.4, 0.5) is 0 Å². The maximum Gasteiger partial charge on any atom is 0.223 e. The van der Waals surface area contributed by atoms with Crippen LogP contribution in [-0.2, 0) is 9.59 Å². The van der Waals surface area contributed by atoms with Crippen LogP contribution < -0.4 is 16.4 Å². The molecule has 2 amide bonds. The molecule has 0 heterocycles. The highest BCUT2D eigenvalue weighted by molar-refractivity contribution is 5.85. The van der Waals surface area contributed by atoms with Crippen LogP contribution in [0, 0.1) is 11.8 Å². The number of nitrogens with two attached hydrogens (primary N) is 1. The van der Waals surface area contributed by atoms with E-state index in [0.29, 0.717) is 6.54 Å². The summed E-state index contributed by atoms with van der Waals surface area (Å²) in [5.41, 5.74) is 5.77. The van der Waals surface area contributed by atoms with E-state index < -0.39 is 0 Å². The lowest BCUT2D eigenvalue weighted by atomic mass is 9.85. The molecule has 2 fully saturated rings. The zero-order chi connectivity index (χ0) is 17.4. The molecule has 4 N–H and O–H groups in total. The molecule has 0 aromatic carbocycles. The zero-order valence-corrected chi connectivity index (χ0v) is 16.4. The van der Waals surface area contributed by atoms with E-state index in [1.54, 1.807) is 0 Å². The highest BCUT2D eigenvalue weighted by atomic mass is 35.5. The number of hydrogen-bond acceptors (Lipinski definition) is 3. The summed E-state index contributed by atoms with van der Waals surface area (Å²) in [6.45, 7) is 2.66. The van der Waals surface area contributed by atoms with Gasteiger partial charge in [-0.2, -0.15) is 0 Å². The molecule has 6 heteroatoms. The van der Waals surface area contributed by atoms with E-state index in [1.165, 1.54) is 12.8 Å². The first kappa shape index (κ1) is 22.2. The van der Waals surface area contributed by atoms with Gasteiger partial charge in [-0.05, 0) is 44.9 Å². The molecule has 0 bridgehead atoms. The van der Waals surface area contributed by atoms with E-state index in [0.717, 1.165) is 57.8 Å². The van der Waals surface area contributed by atoms with Gasteiger partial charge in [0.05, 0.1) is 0 Å². The molecule has 1 atom stereocenters. The monoisotopic (exact) mass is 373 g/mol. The molecule has 2 aliphatic rings. The van der Waals surface area contributed by atoms with Crippen LogP contribution >= 0.6 is 12.4 Å². The Kier molecular flexibility index (Phi) is 10.4. The summed E-state index contributed by atoms with van der Waals surface area (Å²) in [4.78, 5) is 24.6. The van der Waals surface area contributed by atoms with Gasteiger partial charge in [0.15, 0.2) is 0 Å². The van der Waals surface area contributed by atoms with E-state index in [4.69, 9.17) is 5.73 Å². The van der Waals surface area contributed by atoms with Crippen molar-refractivity contribution in [3.05, 3.63) is 0 Å². The average molecular weight is 374 g/mol. The Labute approximate surface area is 158 Å². The summed E-state index contributed by atoms with van der Waals surface area (Å²) >= 11 is 0. The molecule has 2 rings (SSSR count). The molecule has 0 spiro atoms. The Morgan fingerprint density at radius 2 is 1.60 bits per heavy atom. The Morgan fingerprint density at radius 3 is 2.16 bits per heavy atom. The molecule has 1 unspecified atom stereocenters. The first-order valence-electron chi connectivity index (χ1n) is 9.94. The minimum Gasteiger partial charge on any atom is -0.353 e. The van der Waals surface area contributed by atoms with Gasteiger partial charge in [0.25, 0.3) is 0 Å². The second-order valence-corrected chi connectivity index (χ2v) is 7.62. The molecule has 0 aromatic heterocycles. The van der Waals surface area contributed by atoms with Crippen LogP contribution in [-0.4, -0.2) is 30.4 Å². The van der Waals surface area contributed by atoms with Crippen molar-refractivity contribution >= 4 is 24.2 Å². The van der Waals surface area contributed by atoms with E-state index in [9.17, 15) is 9.59 Å². The van der Waals surface area contributed by atoms with E-state index in [1.807, 2.05) is 0 Å². The van der Waals surface area contributed by atoms with Crippen molar-refractivity contribution in [2.24, 2.45) is 17.6 Å². The number of hydrogen-bond donors (Lipinski definition) is 3. The van der Waals surface area contributed by atoms with E-state index in [2.05, 4.69) is 17.6 Å². The van der Waals surface area contributed by atoms with Crippen molar-refractivity contribution in [2.75, 3.05) is 6.54 Å². The molecule has 146 valence electrons. The highest BCUT2D eigenvalue weighted by Gasteiger charge is 2.30. The van der Waals surface area contributed by atoms with Crippen LogP contribution in [0.1, 0.15) is 77.6 Å². The summed E-state index contributed by atoms with van der Waals surface area (Å²) < 4.78 is 0. The van der Waals surface area contributed by atoms with Crippen LogP contribution in [0.25, 0.3) is 0 Å². The zero-order valence-electron chi connectivity index (χ0n) is 15.6. The van der Waals surface area contributed by atoms with Crippen molar-refractivity contribution in [1.82, 2.24) is 10.6 Å². The fraction of sp³-hybridized carbons (Fsp3) is 0.895. The third-order valence-electron chi connectivity index (χ3n) is 5.71. The fourth-order valence-corrected chi connectivity index (χ4v) is 4.03. The normalized spacial score (nSPS) is 25.0. The minimum absolute atomic E-state index is 0. The lowest BCUT2D eigenvalue weighted by Crippen LogP contribution is -2.46. The smallest absolute Gasteiger partial charge is 0.223 e. The number of amides is 2. The van der Waals surface area contributed by atoms with E-state index >= 15 is 0 Å². The molecule has 0 aromatic rings. The number of nitrogens with one attached hydrogen (secondary N) is 2. The molecule has 0 aliphatic heterocycles. The summed E-state index contributed by atoms with van der Waals surface area (Å²) in [5.74, 6) is 0.709. The third kappa shape index (κ3) is 7.14. The quantitative estimate of drug-likeness (QED) is 0.611. The van der Waals surface area contributed by atoms with Gasteiger partial charge < -0.3 is 16.4 Å². The molecule has 0 saturated heterocycles. The van der Waals surface area contributed by atoms with Crippen LogP contribution in [0.5, 0.6) is 0 Å². The topological polar surface area (TPSA) is 84.2 Å². The van der Waals surface area contributed by atoms with E-state index in [-0.39, 0.29) is 48.1 Å². The number of unbranched alkanes of at least 4 members (excludes halogenated alkanes) is 1. The molecule has 0 radical (unpaired) electrons. The van der Waals surface area contributed by atoms with Crippen molar-refractivity contribution in [1.29, 1.82) is 0 Å². The Hall–Kier alpha value is -0.810. The van der Waals surface area contributed by atoms with Gasteiger partial charge in [-0.25, -0.2) is 0 Å². The molecule has 2 aliphatic carbocycles. The van der Waals surface area contributed by atoms with Gasteiger partial charge in [0, 0.05) is 30.5 Å². The molecule has 2 saturated carbocycles. The summed E-state index contributed by atoms with van der Waals surface area (Å²) in [6, 6.07) is 0.366. The predicted molar refractivity (Wildman–Crippen MR) is 104 cm³/mol. The summed E-state index contributed by atoms with van der Waals surface area (Å²) in [5, 5.41) is 6.33. The maximum absolute atomic E-state index is 12.4. The molecular formula is C19H36ClN3O2. The summed E-state index contributed by atoms with van der Waals surface area (Å²) in [6.07, 6.45) is 11.2. The number of carbonyl (C=O) groups excluding carboxylic acids is 2. The first-order chi connectivity index (χ1) is 11.6. The molecular weight excluding hydrogens is 338 g/mol. The molecule has 25 heavy (non-hydrogen) atoms. The van der Waals surface area contributed by atoms with Crippen molar-refractivity contribution in [2.45, 2.75) is 89.6 Å². The lowest BCUT2D eigenvalue weighted by Gasteiger charge is -2.30. The second-order valence-electron chi connectivity index (χ2n) is 7.62. The SMILES string of the molecule is CCCCC(CN)NC(=O)C1CCC(NC(=O)C2CCCC2)CC1.Cl. The Balaban J connectivity index is 0.00000312. The van der Waals surface area contributed by atoms with Gasteiger partial charge in [-0.3, -0.25) is 9.59 Å². The average Bonchev–Trinajstić information content (AvgIpc) is 3.13. The first-order valence-corrected chi connectivity index (χ1v) is 9.94. The largest absolute Gasteiger partial charge is 0.353 e. The van der Waals surface area contributed by atoms with Crippen molar-refractivity contribution in [3.63, 3.8) is 0 Å². The second kappa shape index (κ2) is 11.7. The van der Waals surface area contributed by atoms with Gasteiger partial charge in [0.1, 0.15) is 0 Å². The van der Waals surface area contributed by atoms with Crippen molar-refractivity contribution in [3.8, 4) is 0 Å². The van der Waals surface area contributed by atoms with Crippen LogP contribution in [0.2, 0.25) is 0 Å². The van der Waals surface area contributed by atoms with Gasteiger partial charge in [-0.15, -0.1) is 12.4 Å². The molecule has 5 nitrogen and oxygen atoms in total. The number of rotatable bonds is 8. The van der Waals surface area contributed by atoms with Crippen molar-refractivity contribution < 1.29 is 9.59 Å². The van der Waals surface area contributed by atoms with Crippen LogP contribution in [0.15, 0.2) is 0 Å². The Morgan fingerprint density at radius 1 is 1.00 bits per heavy atom. The predicted octanol–water partition coefficient (Wildman–Crippen LogP) is 2.91. The van der Waals surface area contributed by atoms with Gasteiger partial charge in [0.2, 0.25) is 11.8 Å². The summed E-state index contributed by atoms with van der Waals surface area (Å²) in [7, 11) is 0. The van der Waals surface area contributed by atoms with Crippen LogP contribution in [0.3, 0.4) is 0 Å². The highest BCUT2D eigenvalue weighted by Crippen LogP contribution is 2.28. The minimum atomic E-state index is 0. The maximum atomic E-state index is 12.4. The van der Waals surface area contributed by atoms with Gasteiger partial charge in [-0.1, -0.05) is 32.6 Å².